The first-order valence-corrected chi connectivity index (χ1v) is 4.22. The summed E-state index contributed by atoms with van der Waals surface area (Å²) in [5.41, 5.74) is 0. The molecule has 9 heavy (non-hydrogen) atoms. The average molecular weight is 149 g/mol. The first-order valence-electron chi connectivity index (χ1n) is 3.58. The van der Waals surface area contributed by atoms with Gasteiger partial charge in [-0.1, -0.05) is 13.8 Å². The topological polar surface area (TPSA) is 12.0 Å². The molecular formula is C7H19NS. The maximum atomic E-state index is 3.92. The van der Waals surface area contributed by atoms with Gasteiger partial charge >= 0.3 is 0 Å². The van der Waals surface area contributed by atoms with Gasteiger partial charge in [-0.25, -0.2) is 0 Å². The second-order valence-corrected chi connectivity index (χ2v) is 2.27. The molecule has 0 heterocycles. The van der Waals surface area contributed by atoms with Crippen LogP contribution in [0.5, 0.6) is 0 Å². The summed E-state index contributed by atoms with van der Waals surface area (Å²) in [4.78, 5) is 0. The third kappa shape index (κ3) is 30.2. The Morgan fingerprint density at radius 3 is 1.67 bits per heavy atom. The SMILES string of the molecule is CCCNC.CCCS. The van der Waals surface area contributed by atoms with Crippen molar-refractivity contribution in [3.63, 3.8) is 0 Å². The van der Waals surface area contributed by atoms with Crippen LogP contribution in [0.1, 0.15) is 26.7 Å². The van der Waals surface area contributed by atoms with Crippen molar-refractivity contribution in [2.45, 2.75) is 26.7 Å². The summed E-state index contributed by atoms with van der Waals surface area (Å²) < 4.78 is 0. The highest BCUT2D eigenvalue weighted by atomic mass is 32.1. The molecule has 2 heteroatoms. The summed E-state index contributed by atoms with van der Waals surface area (Å²) in [5.74, 6) is 1.01. The lowest BCUT2D eigenvalue weighted by Crippen LogP contribution is -2.04. The van der Waals surface area contributed by atoms with E-state index in [2.05, 4.69) is 31.8 Å². The van der Waals surface area contributed by atoms with Crippen molar-refractivity contribution in [3.8, 4) is 0 Å². The maximum absolute atomic E-state index is 3.92. The molecule has 1 N–H and O–H groups in total. The van der Waals surface area contributed by atoms with Crippen LogP contribution < -0.4 is 5.32 Å². The zero-order chi connectivity index (χ0) is 7.54. The van der Waals surface area contributed by atoms with Crippen LogP contribution in [-0.2, 0) is 0 Å². The second kappa shape index (κ2) is 15.7. The fourth-order valence-electron chi connectivity index (χ4n) is 0.250. The molecule has 1 nitrogen and oxygen atoms in total. The molecule has 0 saturated heterocycles. The van der Waals surface area contributed by atoms with Gasteiger partial charge in [0.2, 0.25) is 0 Å². The smallest absolute Gasteiger partial charge is 0.00546 e. The predicted octanol–water partition coefficient (Wildman–Crippen LogP) is 1.94. The Morgan fingerprint density at radius 1 is 1.22 bits per heavy atom. The number of rotatable bonds is 3. The van der Waals surface area contributed by atoms with Crippen molar-refractivity contribution in [1.82, 2.24) is 5.32 Å². The summed E-state index contributed by atoms with van der Waals surface area (Å²) in [6.45, 7) is 5.39. The van der Waals surface area contributed by atoms with E-state index >= 15 is 0 Å². The van der Waals surface area contributed by atoms with Gasteiger partial charge in [-0.15, -0.1) is 0 Å². The Morgan fingerprint density at radius 2 is 1.67 bits per heavy atom. The monoisotopic (exact) mass is 149 g/mol. The zero-order valence-corrected chi connectivity index (χ0v) is 7.67. The molecule has 0 radical (unpaired) electrons. The van der Waals surface area contributed by atoms with Gasteiger partial charge in [0.25, 0.3) is 0 Å². The van der Waals surface area contributed by atoms with E-state index in [4.69, 9.17) is 0 Å². The standard InChI is InChI=1S/C4H11N.C3H8S/c1-3-4-5-2;1-2-3-4/h5H,3-4H2,1-2H3;4H,2-3H2,1H3. The highest BCUT2D eigenvalue weighted by Gasteiger charge is 1.64. The second-order valence-electron chi connectivity index (χ2n) is 1.83. The molecule has 0 rings (SSSR count). The van der Waals surface area contributed by atoms with E-state index in [0.717, 1.165) is 12.3 Å². The van der Waals surface area contributed by atoms with Crippen LogP contribution in [0.2, 0.25) is 0 Å². The third-order valence-corrected chi connectivity index (χ3v) is 1.17. The fraction of sp³-hybridized carbons (Fsp3) is 1.00. The van der Waals surface area contributed by atoms with E-state index in [-0.39, 0.29) is 0 Å². The van der Waals surface area contributed by atoms with E-state index in [0.29, 0.717) is 0 Å². The molecule has 0 aliphatic carbocycles. The number of nitrogens with one attached hydrogen (secondary N) is 1. The summed E-state index contributed by atoms with van der Waals surface area (Å²) in [6.07, 6.45) is 2.42. The molecule has 0 aliphatic rings. The lowest BCUT2D eigenvalue weighted by atomic mass is 10.5. The van der Waals surface area contributed by atoms with Crippen molar-refractivity contribution in [1.29, 1.82) is 0 Å². The highest BCUT2D eigenvalue weighted by molar-refractivity contribution is 7.80. The van der Waals surface area contributed by atoms with Crippen LogP contribution in [0.4, 0.5) is 0 Å². The molecule has 0 aromatic carbocycles. The predicted molar refractivity (Wildman–Crippen MR) is 48.4 cm³/mol. The third-order valence-electron chi connectivity index (χ3n) is 0.724. The van der Waals surface area contributed by atoms with Gasteiger partial charge in [0.1, 0.15) is 0 Å². The van der Waals surface area contributed by atoms with Crippen molar-refractivity contribution < 1.29 is 0 Å². The first-order chi connectivity index (χ1) is 4.33. The molecule has 0 bridgehead atoms. The molecule has 0 amide bonds. The zero-order valence-electron chi connectivity index (χ0n) is 6.78. The molecule has 0 aliphatic heterocycles. The quantitative estimate of drug-likeness (QED) is 0.584. The lowest BCUT2D eigenvalue weighted by molar-refractivity contribution is 0.772. The molecular weight excluding hydrogens is 130 g/mol. The van der Waals surface area contributed by atoms with E-state index < -0.39 is 0 Å². The molecule has 0 aromatic rings. The Bertz CT molecular complexity index is 28.1. The summed E-state index contributed by atoms with van der Waals surface area (Å²) >= 11 is 3.92. The average Bonchev–Trinajstić information content (AvgIpc) is 1.91. The van der Waals surface area contributed by atoms with Gasteiger partial charge in [-0.3, -0.25) is 0 Å². The first kappa shape index (κ1) is 12.0. The van der Waals surface area contributed by atoms with Crippen molar-refractivity contribution >= 4 is 12.6 Å². The van der Waals surface area contributed by atoms with E-state index in [9.17, 15) is 0 Å². The van der Waals surface area contributed by atoms with E-state index in [1.165, 1.54) is 12.8 Å². The summed E-state index contributed by atoms with van der Waals surface area (Å²) in [7, 11) is 1.96. The molecule has 0 unspecified atom stereocenters. The van der Waals surface area contributed by atoms with E-state index in [1.54, 1.807) is 0 Å². The van der Waals surface area contributed by atoms with Crippen molar-refractivity contribution in [3.05, 3.63) is 0 Å². The Balaban J connectivity index is 0. The molecule has 0 aromatic heterocycles. The summed E-state index contributed by atoms with van der Waals surface area (Å²) in [5, 5.41) is 3.02. The van der Waals surface area contributed by atoms with Crippen LogP contribution in [0.15, 0.2) is 0 Å². The Kier molecular flexibility index (Phi) is 21.1. The van der Waals surface area contributed by atoms with Gasteiger partial charge in [0.15, 0.2) is 0 Å². The maximum Gasteiger partial charge on any atom is -0.00546 e. The lowest BCUT2D eigenvalue weighted by Gasteiger charge is -1.84. The van der Waals surface area contributed by atoms with Crippen LogP contribution in [0.25, 0.3) is 0 Å². The van der Waals surface area contributed by atoms with Crippen LogP contribution in [0, 0.1) is 0 Å². The number of hydrogen-bond acceptors (Lipinski definition) is 2. The highest BCUT2D eigenvalue weighted by Crippen LogP contribution is 1.74. The number of thiol groups is 1. The van der Waals surface area contributed by atoms with Crippen molar-refractivity contribution in [2.75, 3.05) is 19.3 Å². The minimum atomic E-state index is 1.01. The summed E-state index contributed by atoms with van der Waals surface area (Å²) in [6, 6.07) is 0. The molecule has 58 valence electrons. The minimum absolute atomic E-state index is 1.01. The van der Waals surface area contributed by atoms with Gasteiger partial charge in [-0.05, 0) is 32.2 Å². The van der Waals surface area contributed by atoms with E-state index in [1.807, 2.05) is 7.05 Å². The normalized spacial score (nSPS) is 8.00. The molecule has 0 atom stereocenters. The van der Waals surface area contributed by atoms with Gasteiger partial charge in [0, 0.05) is 0 Å². The van der Waals surface area contributed by atoms with Crippen LogP contribution >= 0.6 is 12.6 Å². The van der Waals surface area contributed by atoms with Gasteiger partial charge in [0.05, 0.1) is 0 Å². The fourth-order valence-corrected chi connectivity index (χ4v) is 0.250. The molecule has 0 saturated carbocycles. The van der Waals surface area contributed by atoms with Crippen LogP contribution in [-0.4, -0.2) is 19.3 Å². The van der Waals surface area contributed by atoms with Crippen LogP contribution in [0.3, 0.4) is 0 Å². The molecule has 0 spiro atoms. The molecule has 0 fully saturated rings. The number of hydrogen-bond donors (Lipinski definition) is 2. The van der Waals surface area contributed by atoms with Gasteiger partial charge in [-0.2, -0.15) is 12.6 Å². The Hall–Kier alpha value is 0.310. The Labute approximate surface area is 64.6 Å². The minimum Gasteiger partial charge on any atom is -0.320 e. The van der Waals surface area contributed by atoms with Gasteiger partial charge < -0.3 is 5.32 Å². The van der Waals surface area contributed by atoms with Crippen molar-refractivity contribution in [2.24, 2.45) is 0 Å². The largest absolute Gasteiger partial charge is 0.320 e.